The number of ether oxygens (including phenoxy) is 3. The number of rotatable bonds is 8. The second kappa shape index (κ2) is 10.4. The Labute approximate surface area is 177 Å². The van der Waals surface area contributed by atoms with Crippen molar-refractivity contribution in [3.63, 3.8) is 0 Å². The molecule has 160 valence electrons. The van der Waals surface area contributed by atoms with Gasteiger partial charge in [-0.3, -0.25) is 4.79 Å². The minimum absolute atomic E-state index is 0.171. The number of amides is 1. The Kier molecular flexibility index (Phi) is 7.19. The first-order valence-electron chi connectivity index (χ1n) is 11.0. The summed E-state index contributed by atoms with van der Waals surface area (Å²) >= 11 is 0. The van der Waals surface area contributed by atoms with Crippen LogP contribution in [0.2, 0.25) is 0 Å². The van der Waals surface area contributed by atoms with Gasteiger partial charge in [0.05, 0.1) is 12.7 Å². The molecule has 2 aromatic rings. The van der Waals surface area contributed by atoms with Gasteiger partial charge in [-0.2, -0.15) is 0 Å². The van der Waals surface area contributed by atoms with E-state index < -0.39 is 0 Å². The highest BCUT2D eigenvalue weighted by Crippen LogP contribution is 2.27. The number of carbonyl (C=O) groups excluding carboxylic acids is 1. The van der Waals surface area contributed by atoms with Crippen LogP contribution in [0.3, 0.4) is 0 Å². The molecule has 0 spiro atoms. The topological polar surface area (TPSA) is 69.7 Å². The molecule has 1 aliphatic heterocycles. The van der Waals surface area contributed by atoms with Gasteiger partial charge in [0.1, 0.15) is 12.4 Å². The van der Waals surface area contributed by atoms with Crippen molar-refractivity contribution in [3.05, 3.63) is 48.2 Å². The fourth-order valence-corrected chi connectivity index (χ4v) is 4.01. The van der Waals surface area contributed by atoms with Crippen molar-refractivity contribution in [2.24, 2.45) is 5.92 Å². The zero-order valence-corrected chi connectivity index (χ0v) is 17.3. The van der Waals surface area contributed by atoms with Crippen LogP contribution in [0.1, 0.15) is 55.3 Å². The van der Waals surface area contributed by atoms with Gasteiger partial charge in [0, 0.05) is 18.4 Å². The molecule has 1 saturated carbocycles. The van der Waals surface area contributed by atoms with E-state index in [0.717, 1.165) is 25.2 Å². The lowest BCUT2D eigenvalue weighted by atomic mass is 9.90. The highest BCUT2D eigenvalue weighted by Gasteiger charge is 2.17. The number of hydrogen-bond donors (Lipinski definition) is 1. The molecule has 6 nitrogen and oxygen atoms in total. The average molecular weight is 411 g/mol. The summed E-state index contributed by atoms with van der Waals surface area (Å²) in [5.41, 5.74) is 0.545. The minimum Gasteiger partial charge on any atom is -0.491 e. The number of benzene rings is 1. The van der Waals surface area contributed by atoms with Crippen molar-refractivity contribution in [2.75, 3.05) is 25.1 Å². The lowest BCUT2D eigenvalue weighted by molar-refractivity contribution is 0.0679. The first kappa shape index (κ1) is 20.7. The monoisotopic (exact) mass is 410 g/mol. The molecule has 4 rings (SSSR count). The van der Waals surface area contributed by atoms with Crippen molar-refractivity contribution in [3.8, 4) is 11.5 Å². The third-order valence-electron chi connectivity index (χ3n) is 5.78. The maximum Gasteiger partial charge on any atom is 0.256 e. The van der Waals surface area contributed by atoms with Crippen LogP contribution in [-0.2, 0) is 4.74 Å². The fraction of sp³-hybridized carbons (Fsp3) is 0.500. The molecule has 1 aromatic heterocycles. The van der Waals surface area contributed by atoms with Crippen molar-refractivity contribution in [1.29, 1.82) is 0 Å². The third-order valence-corrected chi connectivity index (χ3v) is 5.78. The summed E-state index contributed by atoms with van der Waals surface area (Å²) in [7, 11) is 0. The average Bonchev–Trinajstić information content (AvgIpc) is 3.32. The molecule has 1 unspecified atom stereocenters. The molecule has 1 N–H and O–H groups in total. The third kappa shape index (κ3) is 5.72. The lowest BCUT2D eigenvalue weighted by Gasteiger charge is -2.22. The largest absolute Gasteiger partial charge is 0.491 e. The number of pyridine rings is 1. The quantitative estimate of drug-likeness (QED) is 0.674. The van der Waals surface area contributed by atoms with Crippen molar-refractivity contribution in [2.45, 2.75) is 51.0 Å². The highest BCUT2D eigenvalue weighted by molar-refractivity contribution is 6.04. The number of anilines is 1. The molecule has 0 radical (unpaired) electrons. The predicted octanol–water partition coefficient (Wildman–Crippen LogP) is 4.85. The van der Waals surface area contributed by atoms with Crippen LogP contribution < -0.4 is 14.8 Å². The Hall–Kier alpha value is -2.60. The Morgan fingerprint density at radius 2 is 1.83 bits per heavy atom. The van der Waals surface area contributed by atoms with Crippen LogP contribution in [0.4, 0.5) is 5.82 Å². The highest BCUT2D eigenvalue weighted by atomic mass is 16.5. The predicted molar refractivity (Wildman–Crippen MR) is 115 cm³/mol. The maximum atomic E-state index is 12.7. The van der Waals surface area contributed by atoms with E-state index in [0.29, 0.717) is 36.3 Å². The number of aromatic nitrogens is 1. The van der Waals surface area contributed by atoms with Gasteiger partial charge >= 0.3 is 0 Å². The Morgan fingerprint density at radius 3 is 2.60 bits per heavy atom. The normalized spacial score (nSPS) is 19.4. The van der Waals surface area contributed by atoms with Gasteiger partial charge in [-0.25, -0.2) is 4.98 Å². The number of nitrogens with zero attached hydrogens (tertiary/aromatic N) is 1. The molecule has 1 atom stereocenters. The number of nitrogens with one attached hydrogen (secondary N) is 1. The van der Waals surface area contributed by atoms with Crippen molar-refractivity contribution < 1.29 is 19.0 Å². The van der Waals surface area contributed by atoms with E-state index in [2.05, 4.69) is 10.3 Å². The lowest BCUT2D eigenvalue weighted by Crippen LogP contribution is -2.18. The summed E-state index contributed by atoms with van der Waals surface area (Å²) in [5.74, 6) is 2.17. The molecule has 6 heteroatoms. The van der Waals surface area contributed by atoms with Crippen LogP contribution in [0.15, 0.2) is 42.6 Å². The molecule has 2 aliphatic rings. The molecular weight excluding hydrogens is 380 g/mol. The van der Waals surface area contributed by atoms with E-state index in [1.165, 1.54) is 32.1 Å². The summed E-state index contributed by atoms with van der Waals surface area (Å²) in [4.78, 5) is 17.0. The van der Waals surface area contributed by atoms with Crippen LogP contribution in [-0.4, -0.2) is 36.8 Å². The van der Waals surface area contributed by atoms with Gasteiger partial charge in [-0.15, -0.1) is 0 Å². The Morgan fingerprint density at radius 1 is 1.00 bits per heavy atom. The second-order valence-corrected chi connectivity index (χ2v) is 8.09. The summed E-state index contributed by atoms with van der Waals surface area (Å²) in [6.07, 6.45) is 10.3. The number of carbonyl (C=O) groups is 1. The van der Waals surface area contributed by atoms with Gasteiger partial charge in [0.2, 0.25) is 0 Å². The summed E-state index contributed by atoms with van der Waals surface area (Å²) in [6, 6.07) is 10.8. The smallest absolute Gasteiger partial charge is 0.256 e. The van der Waals surface area contributed by atoms with Crippen molar-refractivity contribution in [1.82, 2.24) is 4.98 Å². The fourth-order valence-electron chi connectivity index (χ4n) is 4.01. The van der Waals surface area contributed by atoms with E-state index in [-0.39, 0.29) is 12.0 Å². The first-order chi connectivity index (χ1) is 14.8. The standard InChI is InChI=1S/C24H30N2O4/c27-24(19-10-12-20(13-11-19)29-17-21-8-5-15-28-21)26-23-22(9-4-14-25-23)30-16-18-6-2-1-3-7-18/h4,9-14,18,21H,1-3,5-8,15-17H2,(H,25,26,27). The van der Waals surface area contributed by atoms with E-state index in [1.807, 2.05) is 24.3 Å². The molecule has 1 aliphatic carbocycles. The number of hydrogen-bond acceptors (Lipinski definition) is 5. The van der Waals surface area contributed by atoms with E-state index >= 15 is 0 Å². The van der Waals surface area contributed by atoms with E-state index in [9.17, 15) is 4.79 Å². The Bertz CT molecular complexity index is 812. The molecule has 2 heterocycles. The Balaban J connectivity index is 1.31. The minimum atomic E-state index is -0.220. The molecule has 30 heavy (non-hydrogen) atoms. The summed E-state index contributed by atoms with van der Waals surface area (Å²) < 4.78 is 17.3. The van der Waals surface area contributed by atoms with Crippen LogP contribution in [0.5, 0.6) is 11.5 Å². The van der Waals surface area contributed by atoms with Gasteiger partial charge in [-0.1, -0.05) is 19.3 Å². The van der Waals surface area contributed by atoms with Crippen LogP contribution in [0.25, 0.3) is 0 Å². The zero-order chi connectivity index (χ0) is 20.6. The van der Waals surface area contributed by atoms with E-state index in [4.69, 9.17) is 14.2 Å². The van der Waals surface area contributed by atoms with Crippen molar-refractivity contribution >= 4 is 11.7 Å². The zero-order valence-electron chi connectivity index (χ0n) is 17.3. The molecule has 1 amide bonds. The van der Waals surface area contributed by atoms with Gasteiger partial charge < -0.3 is 19.5 Å². The molecular formula is C24H30N2O4. The molecule has 0 bridgehead atoms. The maximum absolute atomic E-state index is 12.7. The van der Waals surface area contributed by atoms with Gasteiger partial charge in [0.15, 0.2) is 11.6 Å². The summed E-state index contributed by atoms with van der Waals surface area (Å²) in [6.45, 7) is 2.03. The van der Waals surface area contributed by atoms with Gasteiger partial charge in [0.25, 0.3) is 5.91 Å². The molecule has 2 fully saturated rings. The first-order valence-corrected chi connectivity index (χ1v) is 11.0. The SMILES string of the molecule is O=C(Nc1ncccc1OCC1CCCCC1)c1ccc(OCC2CCCO2)cc1. The van der Waals surface area contributed by atoms with Crippen LogP contribution >= 0.6 is 0 Å². The molecule has 1 saturated heterocycles. The molecule has 1 aromatic carbocycles. The second-order valence-electron chi connectivity index (χ2n) is 8.09. The van der Waals surface area contributed by atoms with Crippen LogP contribution in [0, 0.1) is 5.92 Å². The van der Waals surface area contributed by atoms with E-state index in [1.54, 1.807) is 18.3 Å². The van der Waals surface area contributed by atoms with Gasteiger partial charge in [-0.05, 0) is 68.0 Å². The summed E-state index contributed by atoms with van der Waals surface area (Å²) in [5, 5.41) is 2.87.